The molecule has 0 rings (SSSR count). The molecule has 1 unspecified atom stereocenters. The van der Waals surface area contributed by atoms with Crippen molar-refractivity contribution in [2.45, 2.75) is 20.3 Å². The van der Waals surface area contributed by atoms with Gasteiger partial charge in [-0.3, -0.25) is 0 Å². The van der Waals surface area contributed by atoms with Crippen molar-refractivity contribution in [3.05, 3.63) is 0 Å². The summed E-state index contributed by atoms with van der Waals surface area (Å²) in [6, 6.07) is 0. The van der Waals surface area contributed by atoms with E-state index in [1.807, 2.05) is 6.92 Å². The molecule has 0 radical (unpaired) electrons. The number of rotatable bonds is 3. The fourth-order valence-corrected chi connectivity index (χ4v) is 0.504. The van der Waals surface area contributed by atoms with E-state index in [1.54, 1.807) is 6.92 Å². The summed E-state index contributed by atoms with van der Waals surface area (Å²) in [6.07, 6.45) is 1.57. The summed E-state index contributed by atoms with van der Waals surface area (Å²) in [6.45, 7) is 3.56. The van der Waals surface area contributed by atoms with Gasteiger partial charge in [0.2, 0.25) is 0 Å². The Balaban J connectivity index is 3.69. The van der Waals surface area contributed by atoms with Gasteiger partial charge in [-0.05, 0) is 13.3 Å². The van der Waals surface area contributed by atoms with Gasteiger partial charge in [-0.25, -0.2) is 0 Å². The lowest BCUT2D eigenvalue weighted by Gasteiger charge is -2.00. The number of aldehydes is 1. The van der Waals surface area contributed by atoms with Crippen LogP contribution in [-0.4, -0.2) is 12.0 Å². The molecule has 0 aliphatic carbocycles. The van der Waals surface area contributed by atoms with E-state index in [2.05, 4.69) is 0 Å². The van der Waals surface area contributed by atoms with Crippen molar-refractivity contribution in [1.82, 2.24) is 0 Å². The molecule has 0 aromatic carbocycles. The quantitative estimate of drug-likeness (QED) is 0.434. The van der Waals surface area contributed by atoms with Crippen molar-refractivity contribution in [2.24, 2.45) is 5.92 Å². The predicted octanol–water partition coefficient (Wildman–Crippen LogP) is 1.25. The summed E-state index contributed by atoms with van der Waals surface area (Å²) >= 11 is 0. The molecule has 2 nitrogen and oxygen atoms in total. The van der Waals surface area contributed by atoms with Crippen molar-refractivity contribution in [3.63, 3.8) is 0 Å². The van der Waals surface area contributed by atoms with Crippen LogP contribution in [0.25, 0.3) is 0 Å². The van der Waals surface area contributed by atoms with Gasteiger partial charge in [0.25, 0.3) is 0 Å². The first kappa shape index (κ1) is 7.34. The van der Waals surface area contributed by atoms with E-state index in [-0.39, 0.29) is 5.92 Å². The van der Waals surface area contributed by atoms with Crippen LogP contribution in [0.4, 0.5) is 0 Å². The fraction of sp³-hybridized carbons (Fsp3) is 0.667. The lowest BCUT2D eigenvalue weighted by atomic mass is 10.0. The summed E-state index contributed by atoms with van der Waals surface area (Å²) in [5.41, 5.74) is 0.461. The first-order valence-electron chi connectivity index (χ1n) is 2.72. The Hall–Kier alpha value is -0.660. The monoisotopic (exact) mass is 113 g/mol. The topological polar surface area (TPSA) is 40.9 Å². The molecule has 0 saturated carbocycles. The molecule has 0 fully saturated rings. The largest absolute Gasteiger partial charge is 0.309 e. The first-order chi connectivity index (χ1) is 3.72. The Morgan fingerprint density at radius 2 is 2.38 bits per heavy atom. The predicted molar refractivity (Wildman–Crippen MR) is 33.2 cm³/mol. The smallest absolute Gasteiger partial charge is 0.128 e. The molecular weight excluding hydrogens is 102 g/mol. The zero-order valence-electron chi connectivity index (χ0n) is 5.27. The highest BCUT2D eigenvalue weighted by molar-refractivity contribution is 5.93. The maximum absolute atomic E-state index is 10.0. The zero-order chi connectivity index (χ0) is 6.57. The standard InChI is InChI=1S/C6H11NO/c1-3-6(4-8)5(2)7/h4,6-7H,3H2,1-2H3. The van der Waals surface area contributed by atoms with Crippen molar-refractivity contribution in [2.75, 3.05) is 0 Å². The molecule has 0 aliphatic rings. The van der Waals surface area contributed by atoms with E-state index in [9.17, 15) is 4.79 Å². The normalized spacial score (nSPS) is 12.8. The van der Waals surface area contributed by atoms with Gasteiger partial charge in [0.15, 0.2) is 0 Å². The van der Waals surface area contributed by atoms with E-state index in [4.69, 9.17) is 5.41 Å². The summed E-state index contributed by atoms with van der Waals surface area (Å²) in [7, 11) is 0. The molecule has 0 heterocycles. The molecule has 8 heavy (non-hydrogen) atoms. The van der Waals surface area contributed by atoms with Crippen LogP contribution in [0.3, 0.4) is 0 Å². The number of nitrogens with one attached hydrogen (secondary N) is 1. The van der Waals surface area contributed by atoms with Crippen molar-refractivity contribution in [3.8, 4) is 0 Å². The molecule has 46 valence electrons. The molecule has 0 saturated heterocycles. The van der Waals surface area contributed by atoms with Gasteiger partial charge in [-0.15, -0.1) is 0 Å². The van der Waals surface area contributed by atoms with Gasteiger partial charge in [0, 0.05) is 5.71 Å². The third kappa shape index (κ3) is 1.87. The van der Waals surface area contributed by atoms with Gasteiger partial charge >= 0.3 is 0 Å². The van der Waals surface area contributed by atoms with E-state index >= 15 is 0 Å². The van der Waals surface area contributed by atoms with E-state index in [0.29, 0.717) is 5.71 Å². The highest BCUT2D eigenvalue weighted by Crippen LogP contribution is 1.98. The molecule has 0 aromatic heterocycles. The Kier molecular flexibility index (Phi) is 3.08. The van der Waals surface area contributed by atoms with Gasteiger partial charge < -0.3 is 10.2 Å². The van der Waals surface area contributed by atoms with Crippen LogP contribution >= 0.6 is 0 Å². The van der Waals surface area contributed by atoms with Gasteiger partial charge in [0.1, 0.15) is 6.29 Å². The SMILES string of the molecule is CCC(C=O)C(C)=N. The van der Waals surface area contributed by atoms with Crippen molar-refractivity contribution in [1.29, 1.82) is 5.41 Å². The number of carbonyl (C=O) groups excluding carboxylic acids is 1. The first-order valence-corrected chi connectivity index (χ1v) is 2.72. The second-order valence-corrected chi connectivity index (χ2v) is 1.83. The van der Waals surface area contributed by atoms with Gasteiger partial charge in [-0.1, -0.05) is 6.92 Å². The van der Waals surface area contributed by atoms with Crippen LogP contribution in [0, 0.1) is 11.3 Å². The van der Waals surface area contributed by atoms with Gasteiger partial charge in [-0.2, -0.15) is 0 Å². The van der Waals surface area contributed by atoms with Crippen LogP contribution in [0.5, 0.6) is 0 Å². The van der Waals surface area contributed by atoms with Crippen LogP contribution < -0.4 is 0 Å². The lowest BCUT2D eigenvalue weighted by molar-refractivity contribution is -0.109. The average Bonchev–Trinajstić information content (AvgIpc) is 1.69. The summed E-state index contributed by atoms with van der Waals surface area (Å²) in [5.74, 6) is -0.144. The Morgan fingerprint density at radius 1 is 1.88 bits per heavy atom. The third-order valence-corrected chi connectivity index (χ3v) is 1.16. The molecule has 0 spiro atoms. The second kappa shape index (κ2) is 3.36. The number of carbonyl (C=O) groups is 1. The molecule has 0 aliphatic heterocycles. The van der Waals surface area contributed by atoms with Crippen LogP contribution in [-0.2, 0) is 4.79 Å². The number of hydrogen-bond acceptors (Lipinski definition) is 2. The van der Waals surface area contributed by atoms with E-state index < -0.39 is 0 Å². The Bertz CT molecular complexity index is 98.7. The maximum Gasteiger partial charge on any atom is 0.128 e. The zero-order valence-corrected chi connectivity index (χ0v) is 5.27. The molecule has 1 N–H and O–H groups in total. The average molecular weight is 113 g/mol. The lowest BCUT2D eigenvalue weighted by Crippen LogP contribution is -2.09. The molecule has 0 amide bonds. The van der Waals surface area contributed by atoms with Crippen molar-refractivity contribution < 1.29 is 4.79 Å². The second-order valence-electron chi connectivity index (χ2n) is 1.83. The maximum atomic E-state index is 10.0. The minimum absolute atomic E-state index is 0.144. The third-order valence-electron chi connectivity index (χ3n) is 1.16. The van der Waals surface area contributed by atoms with Crippen LogP contribution in [0.2, 0.25) is 0 Å². The fourth-order valence-electron chi connectivity index (χ4n) is 0.504. The van der Waals surface area contributed by atoms with Crippen LogP contribution in [0.1, 0.15) is 20.3 Å². The minimum Gasteiger partial charge on any atom is -0.309 e. The highest BCUT2D eigenvalue weighted by Gasteiger charge is 2.03. The Morgan fingerprint density at radius 3 is 2.38 bits per heavy atom. The molecule has 0 bridgehead atoms. The summed E-state index contributed by atoms with van der Waals surface area (Å²) in [4.78, 5) is 10.0. The Labute approximate surface area is 49.4 Å². The molecule has 2 heteroatoms. The summed E-state index contributed by atoms with van der Waals surface area (Å²) < 4.78 is 0. The van der Waals surface area contributed by atoms with Crippen molar-refractivity contribution >= 4 is 12.0 Å². The minimum atomic E-state index is -0.144. The van der Waals surface area contributed by atoms with Gasteiger partial charge in [0.05, 0.1) is 5.92 Å². The summed E-state index contributed by atoms with van der Waals surface area (Å²) in [5, 5.41) is 7.02. The highest BCUT2D eigenvalue weighted by atomic mass is 16.1. The van der Waals surface area contributed by atoms with E-state index in [1.165, 1.54) is 0 Å². The number of hydrogen-bond donors (Lipinski definition) is 1. The molecular formula is C6H11NO. The van der Waals surface area contributed by atoms with E-state index in [0.717, 1.165) is 12.7 Å². The molecule has 1 atom stereocenters. The molecule has 0 aromatic rings. The van der Waals surface area contributed by atoms with Crippen LogP contribution in [0.15, 0.2) is 0 Å².